The van der Waals surface area contributed by atoms with Crippen molar-refractivity contribution in [3.8, 4) is 0 Å². The maximum atomic E-state index is 12.9. The van der Waals surface area contributed by atoms with Gasteiger partial charge in [-0.25, -0.2) is 0 Å². The number of carbonyl (C=O) groups is 1. The first-order chi connectivity index (χ1) is 12.7. The first kappa shape index (κ1) is 17.3. The Hall–Kier alpha value is -2.17. The molecule has 2 aliphatic rings. The third kappa shape index (κ3) is 3.53. The number of amides is 1. The van der Waals surface area contributed by atoms with Gasteiger partial charge in [0.2, 0.25) is 5.91 Å². The highest BCUT2D eigenvalue weighted by molar-refractivity contribution is 5.87. The van der Waals surface area contributed by atoms with Crippen LogP contribution in [-0.2, 0) is 4.79 Å². The number of rotatable bonds is 4. The lowest BCUT2D eigenvalue weighted by Crippen LogP contribution is -2.46. The molecule has 4 heteroatoms. The average molecular weight is 349 g/mol. The molecule has 0 saturated carbocycles. The summed E-state index contributed by atoms with van der Waals surface area (Å²) in [5, 5.41) is 3.27. The Morgan fingerprint density at radius 3 is 2.31 bits per heavy atom. The quantitative estimate of drug-likeness (QED) is 0.922. The minimum Gasteiger partial charge on any atom is -0.345 e. The van der Waals surface area contributed by atoms with Crippen LogP contribution < -0.4 is 5.32 Å². The molecule has 4 rings (SSSR count). The number of benzene rings is 2. The summed E-state index contributed by atoms with van der Waals surface area (Å²) in [6, 6.07) is 18.6. The third-order valence-electron chi connectivity index (χ3n) is 5.75. The molecule has 2 aliphatic heterocycles. The minimum absolute atomic E-state index is 0.0419. The van der Waals surface area contributed by atoms with Crippen LogP contribution in [0.4, 0.5) is 0 Å². The monoisotopic (exact) mass is 349 g/mol. The van der Waals surface area contributed by atoms with Crippen molar-refractivity contribution in [3.63, 3.8) is 0 Å². The van der Waals surface area contributed by atoms with Crippen LogP contribution in [0, 0.1) is 0 Å². The molecule has 0 aromatic heterocycles. The first-order valence-corrected chi connectivity index (χ1v) is 9.57. The Balaban J connectivity index is 1.53. The van der Waals surface area contributed by atoms with Crippen LogP contribution in [0.3, 0.4) is 0 Å². The maximum Gasteiger partial charge on any atom is 0.228 e. The number of likely N-dealkylation sites (N-methyl/N-ethyl adjacent to an activating group) is 1. The maximum absolute atomic E-state index is 12.9. The summed E-state index contributed by atoms with van der Waals surface area (Å²) in [5.41, 5.74) is 3.58. The van der Waals surface area contributed by atoms with Crippen LogP contribution in [0.1, 0.15) is 35.1 Å². The topological polar surface area (TPSA) is 35.6 Å². The van der Waals surface area contributed by atoms with Gasteiger partial charge >= 0.3 is 0 Å². The molecule has 1 fully saturated rings. The van der Waals surface area contributed by atoms with E-state index in [1.54, 1.807) is 0 Å². The zero-order valence-corrected chi connectivity index (χ0v) is 15.4. The van der Waals surface area contributed by atoms with Crippen LogP contribution in [0.5, 0.6) is 0 Å². The van der Waals surface area contributed by atoms with Gasteiger partial charge < -0.3 is 15.1 Å². The molecule has 1 amide bonds. The summed E-state index contributed by atoms with van der Waals surface area (Å²) in [4.78, 5) is 17.8. The molecule has 2 unspecified atom stereocenters. The van der Waals surface area contributed by atoms with Crippen molar-refractivity contribution in [3.05, 3.63) is 71.3 Å². The van der Waals surface area contributed by atoms with Crippen molar-refractivity contribution in [1.29, 1.82) is 0 Å². The molecule has 1 N–H and O–H groups in total. The molecule has 2 heterocycles. The summed E-state index contributed by atoms with van der Waals surface area (Å²) >= 11 is 0. The van der Waals surface area contributed by atoms with Gasteiger partial charge in [0.1, 0.15) is 0 Å². The Kier molecular flexibility index (Phi) is 5.05. The van der Waals surface area contributed by atoms with Crippen molar-refractivity contribution < 1.29 is 4.79 Å². The lowest BCUT2D eigenvalue weighted by molar-refractivity contribution is -0.124. The molecular formula is C22H27N3O. The number of nitrogens with zero attached hydrogens (tertiary/aromatic N) is 2. The number of nitrogens with one attached hydrogen (secondary N) is 1. The average Bonchev–Trinajstić information content (AvgIpc) is 2.69. The van der Waals surface area contributed by atoms with E-state index in [9.17, 15) is 4.79 Å². The molecule has 0 bridgehead atoms. The molecule has 26 heavy (non-hydrogen) atoms. The summed E-state index contributed by atoms with van der Waals surface area (Å²) in [5.74, 6) is 0.109. The van der Waals surface area contributed by atoms with Gasteiger partial charge in [0.25, 0.3) is 0 Å². The van der Waals surface area contributed by atoms with E-state index in [1.165, 1.54) is 11.1 Å². The van der Waals surface area contributed by atoms with E-state index in [1.807, 2.05) is 18.2 Å². The predicted molar refractivity (Wildman–Crippen MR) is 104 cm³/mol. The lowest BCUT2D eigenvalue weighted by atomic mass is 9.82. The summed E-state index contributed by atoms with van der Waals surface area (Å²) < 4.78 is 0. The van der Waals surface area contributed by atoms with Crippen LogP contribution >= 0.6 is 0 Å². The van der Waals surface area contributed by atoms with E-state index in [4.69, 9.17) is 0 Å². The van der Waals surface area contributed by atoms with Crippen LogP contribution in [0.15, 0.2) is 54.6 Å². The van der Waals surface area contributed by atoms with Crippen molar-refractivity contribution in [1.82, 2.24) is 15.1 Å². The standard InChI is InChI=1S/C22H27N3O/c1-24-13-15-25(16-14-24)12-11-20-18-9-5-6-10-19(18)21(23-22(20)26)17-7-3-2-4-8-17/h2-10,20-21H,11-16H2,1H3,(H,23,26). The largest absolute Gasteiger partial charge is 0.345 e. The van der Waals surface area contributed by atoms with E-state index in [-0.39, 0.29) is 17.9 Å². The van der Waals surface area contributed by atoms with Gasteiger partial charge in [-0.1, -0.05) is 54.6 Å². The molecule has 0 spiro atoms. The van der Waals surface area contributed by atoms with E-state index in [2.05, 4.69) is 58.6 Å². The van der Waals surface area contributed by atoms with Crippen LogP contribution in [0.2, 0.25) is 0 Å². The van der Waals surface area contributed by atoms with Gasteiger partial charge in [-0.15, -0.1) is 0 Å². The van der Waals surface area contributed by atoms with Gasteiger partial charge in [0, 0.05) is 26.2 Å². The molecule has 4 nitrogen and oxygen atoms in total. The zero-order valence-electron chi connectivity index (χ0n) is 15.4. The van der Waals surface area contributed by atoms with Gasteiger partial charge in [-0.2, -0.15) is 0 Å². The molecule has 1 saturated heterocycles. The van der Waals surface area contributed by atoms with E-state index >= 15 is 0 Å². The van der Waals surface area contributed by atoms with Crippen molar-refractivity contribution >= 4 is 5.91 Å². The number of hydrogen-bond acceptors (Lipinski definition) is 3. The van der Waals surface area contributed by atoms with Gasteiger partial charge in [-0.05, 0) is 36.7 Å². The molecule has 0 aliphatic carbocycles. The number of fused-ring (bicyclic) bond motifs is 1. The molecule has 2 aromatic carbocycles. The van der Waals surface area contributed by atoms with Gasteiger partial charge in [0.05, 0.1) is 12.0 Å². The van der Waals surface area contributed by atoms with Crippen molar-refractivity contribution in [2.45, 2.75) is 18.4 Å². The highest BCUT2D eigenvalue weighted by Gasteiger charge is 2.33. The van der Waals surface area contributed by atoms with Gasteiger partial charge in [0.15, 0.2) is 0 Å². The summed E-state index contributed by atoms with van der Waals surface area (Å²) in [7, 11) is 2.17. The highest BCUT2D eigenvalue weighted by atomic mass is 16.2. The second-order valence-electron chi connectivity index (χ2n) is 7.47. The lowest BCUT2D eigenvalue weighted by Gasteiger charge is -2.35. The molecular weight excluding hydrogens is 322 g/mol. The Morgan fingerprint density at radius 1 is 0.923 bits per heavy atom. The van der Waals surface area contributed by atoms with E-state index < -0.39 is 0 Å². The Labute approximate surface area is 155 Å². The Bertz CT molecular complexity index is 753. The summed E-state index contributed by atoms with van der Waals surface area (Å²) in [6.07, 6.45) is 0.883. The van der Waals surface area contributed by atoms with E-state index in [0.29, 0.717) is 0 Å². The van der Waals surface area contributed by atoms with E-state index in [0.717, 1.165) is 44.7 Å². The second-order valence-corrected chi connectivity index (χ2v) is 7.47. The fraction of sp³-hybridized carbons (Fsp3) is 0.409. The smallest absolute Gasteiger partial charge is 0.228 e. The third-order valence-corrected chi connectivity index (χ3v) is 5.75. The zero-order chi connectivity index (χ0) is 17.9. The van der Waals surface area contributed by atoms with Crippen molar-refractivity contribution in [2.75, 3.05) is 39.8 Å². The fourth-order valence-corrected chi connectivity index (χ4v) is 4.13. The van der Waals surface area contributed by atoms with Crippen LogP contribution in [-0.4, -0.2) is 55.5 Å². The number of hydrogen-bond donors (Lipinski definition) is 1. The normalized spacial score (nSPS) is 24.1. The van der Waals surface area contributed by atoms with Gasteiger partial charge in [-0.3, -0.25) is 4.79 Å². The molecule has 2 atom stereocenters. The molecule has 136 valence electrons. The van der Waals surface area contributed by atoms with Crippen LogP contribution in [0.25, 0.3) is 0 Å². The number of piperazine rings is 1. The Morgan fingerprint density at radius 2 is 1.58 bits per heavy atom. The minimum atomic E-state index is -0.0502. The first-order valence-electron chi connectivity index (χ1n) is 9.57. The SMILES string of the molecule is CN1CCN(CCC2C(=O)NC(c3ccccc3)c3ccccc32)CC1. The fourth-order valence-electron chi connectivity index (χ4n) is 4.13. The van der Waals surface area contributed by atoms with Crippen molar-refractivity contribution in [2.24, 2.45) is 0 Å². The molecule has 0 radical (unpaired) electrons. The predicted octanol–water partition coefficient (Wildman–Crippen LogP) is 2.63. The second kappa shape index (κ2) is 7.60. The number of carbonyl (C=O) groups excluding carboxylic acids is 1. The summed E-state index contributed by atoms with van der Waals surface area (Å²) in [6.45, 7) is 5.40. The highest BCUT2D eigenvalue weighted by Crippen LogP contribution is 2.36. The molecule has 2 aromatic rings.